The molecule has 1 rings (SSSR count). The molecular formula is C10H18N4O2. The van der Waals surface area contributed by atoms with Crippen LogP contribution in [0.1, 0.15) is 26.1 Å². The average molecular weight is 226 g/mol. The van der Waals surface area contributed by atoms with Crippen molar-refractivity contribution >= 4 is 6.09 Å². The summed E-state index contributed by atoms with van der Waals surface area (Å²) in [5.74, 6) is 1.19. The van der Waals surface area contributed by atoms with Crippen molar-refractivity contribution in [2.24, 2.45) is 5.92 Å². The minimum atomic E-state index is -0.355. The number of carbonyl (C=O) groups excluding carboxylic acids is 1. The van der Waals surface area contributed by atoms with Gasteiger partial charge in [-0.25, -0.2) is 9.78 Å². The Kier molecular flexibility index (Phi) is 5.31. The molecule has 0 bridgehead atoms. The number of H-pyrrole nitrogens is 1. The van der Waals surface area contributed by atoms with Crippen LogP contribution in [-0.4, -0.2) is 34.4 Å². The van der Waals surface area contributed by atoms with Gasteiger partial charge in [-0.2, -0.15) is 5.10 Å². The largest absolute Gasteiger partial charge is 0.449 e. The van der Waals surface area contributed by atoms with E-state index in [0.29, 0.717) is 19.1 Å². The quantitative estimate of drug-likeness (QED) is 0.712. The summed E-state index contributed by atoms with van der Waals surface area (Å²) in [5.41, 5.74) is 0. The van der Waals surface area contributed by atoms with Crippen molar-refractivity contribution in [3.05, 3.63) is 12.2 Å². The Morgan fingerprint density at radius 3 is 3.06 bits per heavy atom. The highest BCUT2D eigenvalue weighted by molar-refractivity contribution is 5.66. The van der Waals surface area contributed by atoms with E-state index in [-0.39, 0.29) is 6.09 Å². The topological polar surface area (TPSA) is 79.9 Å². The van der Waals surface area contributed by atoms with Gasteiger partial charge < -0.3 is 10.1 Å². The van der Waals surface area contributed by atoms with Crippen LogP contribution in [0.2, 0.25) is 0 Å². The van der Waals surface area contributed by atoms with Crippen molar-refractivity contribution in [2.45, 2.75) is 26.7 Å². The molecule has 0 aromatic carbocycles. The standard InChI is InChI=1S/C10H18N4O2/c1-8(2)6-16-10(15)11-5-3-4-9-12-7-13-14-9/h7-8H,3-6H2,1-2H3,(H,11,15)(H,12,13,14). The second-order valence-electron chi connectivity index (χ2n) is 3.95. The Bertz CT molecular complexity index is 298. The van der Waals surface area contributed by atoms with Gasteiger partial charge in [0.1, 0.15) is 12.2 Å². The maximum atomic E-state index is 11.1. The molecule has 0 aliphatic heterocycles. The molecule has 1 heterocycles. The molecular weight excluding hydrogens is 208 g/mol. The predicted octanol–water partition coefficient (Wildman–Crippen LogP) is 1.12. The van der Waals surface area contributed by atoms with Crippen LogP contribution in [0, 0.1) is 5.92 Å². The van der Waals surface area contributed by atoms with Crippen LogP contribution in [0.15, 0.2) is 6.33 Å². The molecule has 0 aliphatic rings. The average Bonchev–Trinajstić information content (AvgIpc) is 2.74. The number of aromatic amines is 1. The van der Waals surface area contributed by atoms with E-state index >= 15 is 0 Å². The van der Waals surface area contributed by atoms with Crippen LogP contribution in [0.3, 0.4) is 0 Å². The first kappa shape index (κ1) is 12.5. The molecule has 16 heavy (non-hydrogen) atoms. The number of rotatable bonds is 6. The third-order valence-electron chi connectivity index (χ3n) is 1.87. The maximum absolute atomic E-state index is 11.1. The van der Waals surface area contributed by atoms with Crippen LogP contribution < -0.4 is 5.32 Å². The monoisotopic (exact) mass is 226 g/mol. The van der Waals surface area contributed by atoms with Gasteiger partial charge in [-0.1, -0.05) is 13.8 Å². The van der Waals surface area contributed by atoms with Crippen molar-refractivity contribution in [1.82, 2.24) is 20.5 Å². The molecule has 0 spiro atoms. The van der Waals surface area contributed by atoms with Gasteiger partial charge in [-0.3, -0.25) is 5.10 Å². The molecule has 6 heteroatoms. The highest BCUT2D eigenvalue weighted by Crippen LogP contribution is 1.94. The summed E-state index contributed by atoms with van der Waals surface area (Å²) in [6.07, 6.45) is 2.70. The number of amides is 1. The van der Waals surface area contributed by atoms with Crippen LogP contribution in [0.25, 0.3) is 0 Å². The van der Waals surface area contributed by atoms with Crippen LogP contribution in [0.5, 0.6) is 0 Å². The SMILES string of the molecule is CC(C)COC(=O)NCCCc1ncn[nH]1. The van der Waals surface area contributed by atoms with Gasteiger partial charge in [0.05, 0.1) is 6.61 Å². The van der Waals surface area contributed by atoms with E-state index in [1.807, 2.05) is 13.8 Å². The van der Waals surface area contributed by atoms with Crippen LogP contribution >= 0.6 is 0 Å². The number of alkyl carbamates (subject to hydrolysis) is 1. The minimum absolute atomic E-state index is 0.355. The second-order valence-corrected chi connectivity index (χ2v) is 3.95. The number of carbonyl (C=O) groups is 1. The van der Waals surface area contributed by atoms with Gasteiger partial charge >= 0.3 is 6.09 Å². The zero-order valence-corrected chi connectivity index (χ0v) is 9.69. The van der Waals surface area contributed by atoms with Gasteiger partial charge in [0.25, 0.3) is 0 Å². The van der Waals surface area contributed by atoms with E-state index in [0.717, 1.165) is 18.7 Å². The maximum Gasteiger partial charge on any atom is 0.407 e. The second kappa shape index (κ2) is 6.81. The smallest absolute Gasteiger partial charge is 0.407 e. The Labute approximate surface area is 94.8 Å². The molecule has 0 unspecified atom stereocenters. The van der Waals surface area contributed by atoms with Gasteiger partial charge in [-0.15, -0.1) is 0 Å². The first-order valence-electron chi connectivity index (χ1n) is 5.43. The fourth-order valence-corrected chi connectivity index (χ4v) is 1.09. The van der Waals surface area contributed by atoms with Crippen LogP contribution in [-0.2, 0) is 11.2 Å². The van der Waals surface area contributed by atoms with E-state index < -0.39 is 0 Å². The van der Waals surface area contributed by atoms with E-state index in [4.69, 9.17) is 4.74 Å². The fraction of sp³-hybridized carbons (Fsp3) is 0.700. The highest BCUT2D eigenvalue weighted by Gasteiger charge is 2.03. The van der Waals surface area contributed by atoms with E-state index in [1.54, 1.807) is 0 Å². The molecule has 90 valence electrons. The molecule has 1 aromatic heterocycles. The number of ether oxygens (including phenoxy) is 1. The predicted molar refractivity (Wildman–Crippen MR) is 58.9 cm³/mol. The molecule has 0 saturated heterocycles. The normalized spacial score (nSPS) is 10.4. The number of aromatic nitrogens is 3. The fourth-order valence-electron chi connectivity index (χ4n) is 1.09. The number of hydrogen-bond donors (Lipinski definition) is 2. The number of hydrogen-bond acceptors (Lipinski definition) is 4. The molecule has 6 nitrogen and oxygen atoms in total. The summed E-state index contributed by atoms with van der Waals surface area (Å²) in [6, 6.07) is 0. The summed E-state index contributed by atoms with van der Waals surface area (Å²) in [6.45, 7) is 5.03. The van der Waals surface area contributed by atoms with Gasteiger partial charge in [-0.05, 0) is 12.3 Å². The first-order valence-corrected chi connectivity index (χ1v) is 5.43. The third-order valence-corrected chi connectivity index (χ3v) is 1.87. The minimum Gasteiger partial charge on any atom is -0.449 e. The molecule has 0 saturated carbocycles. The number of nitrogens with one attached hydrogen (secondary N) is 2. The van der Waals surface area contributed by atoms with Crippen molar-refractivity contribution in [3.63, 3.8) is 0 Å². The third kappa shape index (κ3) is 5.33. The summed E-state index contributed by atoms with van der Waals surface area (Å²) in [7, 11) is 0. The van der Waals surface area contributed by atoms with Gasteiger partial charge in [0, 0.05) is 13.0 Å². The first-order chi connectivity index (χ1) is 7.68. The van der Waals surface area contributed by atoms with Gasteiger partial charge in [0.2, 0.25) is 0 Å². The van der Waals surface area contributed by atoms with Gasteiger partial charge in [0.15, 0.2) is 0 Å². The van der Waals surface area contributed by atoms with Crippen molar-refractivity contribution in [3.8, 4) is 0 Å². The molecule has 2 N–H and O–H groups in total. The number of nitrogens with zero attached hydrogens (tertiary/aromatic N) is 2. The van der Waals surface area contributed by atoms with E-state index in [1.165, 1.54) is 6.33 Å². The van der Waals surface area contributed by atoms with E-state index in [9.17, 15) is 4.79 Å². The van der Waals surface area contributed by atoms with Crippen molar-refractivity contribution in [2.75, 3.05) is 13.2 Å². The van der Waals surface area contributed by atoms with Crippen LogP contribution in [0.4, 0.5) is 4.79 Å². The summed E-state index contributed by atoms with van der Waals surface area (Å²) in [4.78, 5) is 15.1. The zero-order chi connectivity index (χ0) is 11.8. The molecule has 0 aliphatic carbocycles. The lowest BCUT2D eigenvalue weighted by Gasteiger charge is -2.08. The molecule has 0 radical (unpaired) electrons. The molecule has 0 atom stereocenters. The lowest BCUT2D eigenvalue weighted by molar-refractivity contribution is 0.133. The van der Waals surface area contributed by atoms with Crippen molar-refractivity contribution < 1.29 is 9.53 Å². The molecule has 1 amide bonds. The summed E-state index contributed by atoms with van der Waals surface area (Å²) >= 11 is 0. The Morgan fingerprint density at radius 2 is 2.44 bits per heavy atom. The summed E-state index contributed by atoms with van der Waals surface area (Å²) < 4.78 is 4.95. The number of aryl methyl sites for hydroxylation is 1. The molecule has 0 fully saturated rings. The Balaban J connectivity index is 2.00. The Morgan fingerprint density at radius 1 is 1.62 bits per heavy atom. The molecule has 1 aromatic rings. The lowest BCUT2D eigenvalue weighted by Crippen LogP contribution is -2.26. The zero-order valence-electron chi connectivity index (χ0n) is 9.69. The van der Waals surface area contributed by atoms with E-state index in [2.05, 4.69) is 20.5 Å². The summed E-state index contributed by atoms with van der Waals surface area (Å²) in [5, 5.41) is 9.17. The lowest BCUT2D eigenvalue weighted by atomic mass is 10.2. The highest BCUT2D eigenvalue weighted by atomic mass is 16.5. The van der Waals surface area contributed by atoms with Crippen molar-refractivity contribution in [1.29, 1.82) is 0 Å². The Hall–Kier alpha value is -1.59.